The zero-order valence-corrected chi connectivity index (χ0v) is 18.1. The molecule has 160 valence electrons. The smallest absolute Gasteiger partial charge is 0.341 e. The standard InChI is InChI=1S/C20H28N2O6S/c1-5-27-20(26)16-12(2)17(19(25)22(3)4)29-18(16)21-14(23)11-28-15(24)10-13-8-6-7-9-13/h13H,5-11H2,1-4H3,(H,21,23). The van der Waals surface area contributed by atoms with Gasteiger partial charge in [-0.15, -0.1) is 11.3 Å². The highest BCUT2D eigenvalue weighted by Gasteiger charge is 2.27. The molecule has 2 amide bonds. The minimum absolute atomic E-state index is 0.146. The van der Waals surface area contributed by atoms with Crippen LogP contribution in [0.3, 0.4) is 0 Å². The van der Waals surface area contributed by atoms with Crippen LogP contribution in [0.15, 0.2) is 0 Å². The van der Waals surface area contributed by atoms with Gasteiger partial charge in [-0.3, -0.25) is 14.4 Å². The Balaban J connectivity index is 2.07. The molecule has 1 fully saturated rings. The number of esters is 2. The average Bonchev–Trinajstić information content (AvgIpc) is 3.27. The summed E-state index contributed by atoms with van der Waals surface area (Å²) in [5, 5.41) is 2.80. The first-order valence-electron chi connectivity index (χ1n) is 9.72. The van der Waals surface area contributed by atoms with Crippen molar-refractivity contribution in [2.45, 2.75) is 46.0 Å². The molecule has 0 aliphatic heterocycles. The van der Waals surface area contributed by atoms with Gasteiger partial charge in [-0.05, 0) is 38.2 Å². The third kappa shape index (κ3) is 6.03. The number of ether oxygens (including phenoxy) is 2. The van der Waals surface area contributed by atoms with Crippen molar-refractivity contribution in [1.29, 1.82) is 0 Å². The number of hydrogen-bond donors (Lipinski definition) is 1. The molecular weight excluding hydrogens is 396 g/mol. The summed E-state index contributed by atoms with van der Waals surface area (Å²) in [6.45, 7) is 3.03. The van der Waals surface area contributed by atoms with Crippen molar-refractivity contribution in [3.63, 3.8) is 0 Å². The minimum atomic E-state index is -0.618. The molecule has 0 saturated heterocycles. The molecule has 1 aliphatic rings. The molecule has 2 rings (SSSR count). The first-order chi connectivity index (χ1) is 13.7. The van der Waals surface area contributed by atoms with E-state index in [0.717, 1.165) is 37.0 Å². The Morgan fingerprint density at radius 2 is 1.79 bits per heavy atom. The molecule has 1 saturated carbocycles. The van der Waals surface area contributed by atoms with Gasteiger partial charge in [-0.1, -0.05) is 12.8 Å². The maximum Gasteiger partial charge on any atom is 0.341 e. The lowest BCUT2D eigenvalue weighted by atomic mass is 10.1. The SMILES string of the molecule is CCOC(=O)c1c(NC(=O)COC(=O)CC2CCCC2)sc(C(=O)N(C)C)c1C. The van der Waals surface area contributed by atoms with Crippen molar-refractivity contribution in [1.82, 2.24) is 4.90 Å². The maximum atomic E-state index is 12.4. The molecule has 29 heavy (non-hydrogen) atoms. The molecule has 0 aromatic carbocycles. The van der Waals surface area contributed by atoms with E-state index in [1.807, 2.05) is 0 Å². The summed E-state index contributed by atoms with van der Waals surface area (Å²) in [7, 11) is 3.21. The monoisotopic (exact) mass is 424 g/mol. The highest BCUT2D eigenvalue weighted by atomic mass is 32.1. The van der Waals surface area contributed by atoms with Gasteiger partial charge in [0.2, 0.25) is 0 Å². The largest absolute Gasteiger partial charge is 0.462 e. The van der Waals surface area contributed by atoms with Crippen LogP contribution in [0.2, 0.25) is 0 Å². The normalized spacial score (nSPS) is 13.8. The van der Waals surface area contributed by atoms with Crippen molar-refractivity contribution < 1.29 is 28.7 Å². The Morgan fingerprint density at radius 1 is 1.14 bits per heavy atom. The molecule has 1 heterocycles. The van der Waals surface area contributed by atoms with Crippen LogP contribution in [0, 0.1) is 12.8 Å². The summed E-state index contributed by atoms with van der Waals surface area (Å²) in [6, 6.07) is 0. The molecule has 9 heteroatoms. The molecule has 1 aromatic rings. The Morgan fingerprint density at radius 3 is 2.38 bits per heavy atom. The van der Waals surface area contributed by atoms with Crippen LogP contribution in [0.4, 0.5) is 5.00 Å². The van der Waals surface area contributed by atoms with Gasteiger partial charge in [-0.2, -0.15) is 0 Å². The highest BCUT2D eigenvalue weighted by Crippen LogP contribution is 2.34. The summed E-state index contributed by atoms with van der Waals surface area (Å²) in [5.74, 6) is -1.53. The number of thiophene rings is 1. The van der Waals surface area contributed by atoms with E-state index in [0.29, 0.717) is 22.8 Å². The lowest BCUT2D eigenvalue weighted by Gasteiger charge is -2.10. The quantitative estimate of drug-likeness (QED) is 0.644. The molecule has 8 nitrogen and oxygen atoms in total. The first kappa shape index (κ1) is 22.9. The number of anilines is 1. The van der Waals surface area contributed by atoms with Crippen molar-refractivity contribution in [2.24, 2.45) is 5.92 Å². The number of carbonyl (C=O) groups is 4. The number of amides is 2. The third-order valence-corrected chi connectivity index (χ3v) is 5.97. The van der Waals surface area contributed by atoms with Gasteiger partial charge in [0.15, 0.2) is 6.61 Å². The predicted molar refractivity (Wildman–Crippen MR) is 109 cm³/mol. The number of nitrogens with zero attached hydrogens (tertiary/aromatic N) is 1. The fourth-order valence-corrected chi connectivity index (χ4v) is 4.51. The molecule has 1 aliphatic carbocycles. The number of nitrogens with one attached hydrogen (secondary N) is 1. The lowest BCUT2D eigenvalue weighted by molar-refractivity contribution is -0.148. The van der Waals surface area contributed by atoms with E-state index in [4.69, 9.17) is 9.47 Å². The summed E-state index contributed by atoms with van der Waals surface area (Å²) in [4.78, 5) is 50.7. The highest BCUT2D eigenvalue weighted by molar-refractivity contribution is 7.18. The summed E-state index contributed by atoms with van der Waals surface area (Å²) >= 11 is 1.00. The molecule has 1 N–H and O–H groups in total. The van der Waals surface area contributed by atoms with E-state index < -0.39 is 24.5 Å². The second-order valence-electron chi connectivity index (χ2n) is 7.24. The summed E-state index contributed by atoms with van der Waals surface area (Å²) < 4.78 is 10.1. The average molecular weight is 425 g/mol. The Kier molecular flexibility index (Phi) is 8.19. The van der Waals surface area contributed by atoms with Crippen LogP contribution >= 0.6 is 11.3 Å². The van der Waals surface area contributed by atoms with Crippen molar-refractivity contribution in [3.05, 3.63) is 16.0 Å². The van der Waals surface area contributed by atoms with E-state index in [1.54, 1.807) is 27.9 Å². The van der Waals surface area contributed by atoms with E-state index in [9.17, 15) is 19.2 Å². The fourth-order valence-electron chi connectivity index (χ4n) is 3.28. The maximum absolute atomic E-state index is 12.4. The predicted octanol–water partition coefficient (Wildman–Crippen LogP) is 3.00. The van der Waals surface area contributed by atoms with Crippen LogP contribution in [-0.2, 0) is 19.1 Å². The van der Waals surface area contributed by atoms with Gasteiger partial charge in [0.25, 0.3) is 11.8 Å². The number of carbonyl (C=O) groups excluding carboxylic acids is 4. The summed E-state index contributed by atoms with van der Waals surface area (Å²) in [6.07, 6.45) is 4.60. The molecular formula is C20H28N2O6S. The van der Waals surface area contributed by atoms with Crippen LogP contribution in [0.5, 0.6) is 0 Å². The molecule has 0 unspecified atom stereocenters. The van der Waals surface area contributed by atoms with Crippen LogP contribution in [-0.4, -0.2) is 56.0 Å². The Bertz CT molecular complexity index is 780. The van der Waals surface area contributed by atoms with Crippen LogP contribution in [0.1, 0.15) is 64.6 Å². The van der Waals surface area contributed by atoms with E-state index in [2.05, 4.69) is 5.32 Å². The van der Waals surface area contributed by atoms with Crippen molar-refractivity contribution >= 4 is 40.1 Å². The number of rotatable bonds is 8. The second-order valence-corrected chi connectivity index (χ2v) is 8.26. The van der Waals surface area contributed by atoms with Crippen LogP contribution in [0.25, 0.3) is 0 Å². The van der Waals surface area contributed by atoms with Gasteiger partial charge in [0.1, 0.15) is 5.00 Å². The third-order valence-electron chi connectivity index (χ3n) is 4.77. The van der Waals surface area contributed by atoms with Gasteiger partial charge < -0.3 is 19.7 Å². The molecule has 0 bridgehead atoms. The summed E-state index contributed by atoms with van der Waals surface area (Å²) in [5.41, 5.74) is 0.591. The topological polar surface area (TPSA) is 102 Å². The van der Waals surface area contributed by atoms with Gasteiger partial charge in [0, 0.05) is 20.5 Å². The van der Waals surface area contributed by atoms with Crippen molar-refractivity contribution in [2.75, 3.05) is 32.6 Å². The van der Waals surface area contributed by atoms with E-state index >= 15 is 0 Å². The Hall–Kier alpha value is -2.42. The fraction of sp³-hybridized carbons (Fsp3) is 0.600. The van der Waals surface area contributed by atoms with Crippen LogP contribution < -0.4 is 5.32 Å². The van der Waals surface area contributed by atoms with Crippen molar-refractivity contribution in [3.8, 4) is 0 Å². The van der Waals surface area contributed by atoms with Gasteiger partial charge in [0.05, 0.1) is 17.0 Å². The molecule has 0 radical (unpaired) electrons. The number of hydrogen-bond acceptors (Lipinski definition) is 7. The van der Waals surface area contributed by atoms with Gasteiger partial charge in [-0.25, -0.2) is 4.79 Å². The lowest BCUT2D eigenvalue weighted by Crippen LogP contribution is -2.22. The molecule has 0 atom stereocenters. The minimum Gasteiger partial charge on any atom is -0.462 e. The van der Waals surface area contributed by atoms with Gasteiger partial charge >= 0.3 is 11.9 Å². The van der Waals surface area contributed by atoms with E-state index in [-0.39, 0.29) is 23.1 Å². The first-order valence-corrected chi connectivity index (χ1v) is 10.5. The molecule has 1 aromatic heterocycles. The zero-order chi connectivity index (χ0) is 21.6. The van der Waals surface area contributed by atoms with E-state index in [1.165, 1.54) is 4.90 Å². The zero-order valence-electron chi connectivity index (χ0n) is 17.3. The molecule has 0 spiro atoms. The second kappa shape index (κ2) is 10.4. The Labute approximate surface area is 174 Å².